The van der Waals surface area contributed by atoms with Crippen molar-refractivity contribution in [3.05, 3.63) is 60.7 Å². The molecule has 7 heteroatoms. The third kappa shape index (κ3) is 6.46. The molecule has 134 valence electrons. The Labute approximate surface area is 148 Å². The van der Waals surface area contributed by atoms with E-state index in [1.54, 1.807) is 37.4 Å². The van der Waals surface area contributed by atoms with Crippen molar-refractivity contribution in [2.75, 3.05) is 32.5 Å². The summed E-state index contributed by atoms with van der Waals surface area (Å²) < 4.78 is 30.0. The van der Waals surface area contributed by atoms with Crippen molar-refractivity contribution in [2.24, 2.45) is 4.99 Å². The Hall–Kier alpha value is -2.54. The molecule has 2 aromatic carbocycles. The number of ether oxygens (including phenoxy) is 1. The first kappa shape index (κ1) is 18.8. The fourth-order valence-electron chi connectivity index (χ4n) is 2.13. The Balaban J connectivity index is 1.70. The lowest BCUT2D eigenvalue weighted by atomic mass is 10.3. The molecule has 0 saturated heterocycles. The van der Waals surface area contributed by atoms with Crippen LogP contribution < -0.4 is 15.4 Å². The molecule has 0 spiro atoms. The molecule has 0 radical (unpaired) electrons. The van der Waals surface area contributed by atoms with Gasteiger partial charge in [-0.1, -0.05) is 36.4 Å². The Morgan fingerprint density at radius 3 is 2.20 bits per heavy atom. The lowest BCUT2D eigenvalue weighted by molar-refractivity contribution is 0.322. The van der Waals surface area contributed by atoms with Crippen LogP contribution in [-0.4, -0.2) is 46.9 Å². The van der Waals surface area contributed by atoms with Crippen LogP contribution in [0.5, 0.6) is 5.75 Å². The molecule has 0 aliphatic heterocycles. The van der Waals surface area contributed by atoms with E-state index in [1.807, 2.05) is 30.3 Å². The first-order valence-electron chi connectivity index (χ1n) is 8.02. The molecule has 0 unspecified atom stereocenters. The van der Waals surface area contributed by atoms with Gasteiger partial charge in [-0.25, -0.2) is 8.42 Å². The topological polar surface area (TPSA) is 79.8 Å². The van der Waals surface area contributed by atoms with Gasteiger partial charge >= 0.3 is 0 Å². The summed E-state index contributed by atoms with van der Waals surface area (Å²) in [6.45, 7) is 1.31. The smallest absolute Gasteiger partial charge is 0.191 e. The molecular formula is C18H23N3O3S. The molecule has 0 atom stereocenters. The molecule has 2 N–H and O–H groups in total. The summed E-state index contributed by atoms with van der Waals surface area (Å²) in [6.07, 6.45) is 0. The zero-order valence-electron chi connectivity index (χ0n) is 14.2. The number of hydrogen-bond acceptors (Lipinski definition) is 4. The fraction of sp³-hybridized carbons (Fsp3) is 0.278. The van der Waals surface area contributed by atoms with Crippen LogP contribution in [-0.2, 0) is 9.84 Å². The van der Waals surface area contributed by atoms with Gasteiger partial charge in [0.15, 0.2) is 15.8 Å². The normalized spacial score (nSPS) is 11.8. The van der Waals surface area contributed by atoms with Gasteiger partial charge in [-0.15, -0.1) is 0 Å². The van der Waals surface area contributed by atoms with Crippen LogP contribution in [0.3, 0.4) is 0 Å². The third-order valence-electron chi connectivity index (χ3n) is 3.40. The van der Waals surface area contributed by atoms with Gasteiger partial charge in [0.2, 0.25) is 0 Å². The van der Waals surface area contributed by atoms with Gasteiger partial charge in [-0.3, -0.25) is 4.99 Å². The van der Waals surface area contributed by atoms with Gasteiger partial charge < -0.3 is 15.4 Å². The summed E-state index contributed by atoms with van der Waals surface area (Å²) in [7, 11) is -1.66. The van der Waals surface area contributed by atoms with Crippen LogP contribution in [0, 0.1) is 0 Å². The lowest BCUT2D eigenvalue weighted by Crippen LogP contribution is -2.41. The number of nitrogens with zero attached hydrogens (tertiary/aromatic N) is 1. The summed E-state index contributed by atoms with van der Waals surface area (Å²) in [6, 6.07) is 18.0. The van der Waals surface area contributed by atoms with Gasteiger partial charge in [-0.2, -0.15) is 0 Å². The minimum atomic E-state index is -3.30. The number of hydrogen-bond donors (Lipinski definition) is 2. The number of para-hydroxylation sites is 1. The summed E-state index contributed by atoms with van der Waals surface area (Å²) in [5.41, 5.74) is 0. The molecule has 0 saturated carbocycles. The van der Waals surface area contributed by atoms with E-state index in [1.165, 1.54) is 0 Å². The van der Waals surface area contributed by atoms with Crippen molar-refractivity contribution in [1.29, 1.82) is 0 Å². The molecule has 2 rings (SSSR count). The zero-order chi connectivity index (χ0) is 18.0. The SMILES string of the molecule is CN=C(NCCOc1ccccc1)NCCS(=O)(=O)c1ccccc1. The molecule has 2 aromatic rings. The predicted molar refractivity (Wildman–Crippen MR) is 99.8 cm³/mol. The van der Waals surface area contributed by atoms with Crippen molar-refractivity contribution in [1.82, 2.24) is 10.6 Å². The fourth-order valence-corrected chi connectivity index (χ4v) is 3.30. The maximum absolute atomic E-state index is 12.2. The Morgan fingerprint density at radius 1 is 0.960 bits per heavy atom. The molecule has 0 fully saturated rings. The lowest BCUT2D eigenvalue weighted by Gasteiger charge is -2.12. The second-order valence-electron chi connectivity index (χ2n) is 5.22. The van der Waals surface area contributed by atoms with Gasteiger partial charge in [0.05, 0.1) is 17.2 Å². The van der Waals surface area contributed by atoms with Crippen molar-refractivity contribution in [3.8, 4) is 5.75 Å². The van der Waals surface area contributed by atoms with Crippen molar-refractivity contribution in [2.45, 2.75) is 4.90 Å². The molecule has 6 nitrogen and oxygen atoms in total. The number of benzene rings is 2. The van der Waals surface area contributed by atoms with E-state index in [0.717, 1.165) is 5.75 Å². The largest absolute Gasteiger partial charge is 0.492 e. The zero-order valence-corrected chi connectivity index (χ0v) is 15.0. The molecule has 0 bridgehead atoms. The van der Waals surface area contributed by atoms with Crippen molar-refractivity contribution in [3.63, 3.8) is 0 Å². The highest BCUT2D eigenvalue weighted by Gasteiger charge is 2.13. The van der Waals surface area contributed by atoms with E-state index in [9.17, 15) is 8.42 Å². The molecule has 25 heavy (non-hydrogen) atoms. The Kier molecular flexibility index (Phi) is 7.28. The van der Waals surface area contributed by atoms with Gasteiger partial charge in [-0.05, 0) is 24.3 Å². The second-order valence-corrected chi connectivity index (χ2v) is 7.33. The molecular weight excluding hydrogens is 338 g/mol. The third-order valence-corrected chi connectivity index (χ3v) is 5.13. The molecule has 0 amide bonds. The quantitative estimate of drug-likeness (QED) is 0.425. The first-order valence-corrected chi connectivity index (χ1v) is 9.67. The minimum Gasteiger partial charge on any atom is -0.492 e. The molecule has 0 heterocycles. The van der Waals surface area contributed by atoms with Crippen LogP contribution in [0.15, 0.2) is 70.6 Å². The average molecular weight is 361 g/mol. The van der Waals surface area contributed by atoms with Crippen LogP contribution in [0.4, 0.5) is 0 Å². The second kappa shape index (κ2) is 9.68. The summed E-state index contributed by atoms with van der Waals surface area (Å²) in [5.74, 6) is 1.35. The first-order chi connectivity index (χ1) is 12.1. The van der Waals surface area contributed by atoms with E-state index in [4.69, 9.17) is 4.74 Å². The highest BCUT2D eigenvalue weighted by molar-refractivity contribution is 7.91. The number of guanidine groups is 1. The Bertz CT molecular complexity index is 763. The van der Waals surface area contributed by atoms with Crippen LogP contribution >= 0.6 is 0 Å². The standard InChI is InChI=1S/C18H23N3O3S/c1-19-18(20-12-14-24-16-8-4-2-5-9-16)21-13-15-25(22,23)17-10-6-3-7-11-17/h2-11H,12-15H2,1H3,(H2,19,20,21). The highest BCUT2D eigenvalue weighted by atomic mass is 32.2. The van der Waals surface area contributed by atoms with Crippen molar-refractivity contribution >= 4 is 15.8 Å². The van der Waals surface area contributed by atoms with Crippen LogP contribution in [0.25, 0.3) is 0 Å². The highest BCUT2D eigenvalue weighted by Crippen LogP contribution is 2.09. The van der Waals surface area contributed by atoms with Crippen LogP contribution in [0.1, 0.15) is 0 Å². The summed E-state index contributed by atoms with van der Waals surface area (Å²) >= 11 is 0. The van der Waals surface area contributed by atoms with E-state index in [-0.39, 0.29) is 12.3 Å². The van der Waals surface area contributed by atoms with Crippen LogP contribution in [0.2, 0.25) is 0 Å². The van der Waals surface area contributed by atoms with E-state index in [2.05, 4.69) is 15.6 Å². The van der Waals surface area contributed by atoms with E-state index in [0.29, 0.717) is 24.0 Å². The predicted octanol–water partition coefficient (Wildman–Crippen LogP) is 1.70. The molecule has 0 aromatic heterocycles. The number of nitrogens with one attached hydrogen (secondary N) is 2. The number of rotatable bonds is 8. The number of aliphatic imine (C=N–C) groups is 1. The minimum absolute atomic E-state index is 0.00176. The van der Waals surface area contributed by atoms with Crippen molar-refractivity contribution < 1.29 is 13.2 Å². The Morgan fingerprint density at radius 2 is 1.56 bits per heavy atom. The maximum Gasteiger partial charge on any atom is 0.191 e. The maximum atomic E-state index is 12.2. The average Bonchev–Trinajstić information content (AvgIpc) is 2.65. The van der Waals surface area contributed by atoms with Gasteiger partial charge in [0.25, 0.3) is 0 Å². The number of sulfone groups is 1. The van der Waals surface area contributed by atoms with E-state index >= 15 is 0 Å². The van der Waals surface area contributed by atoms with Gasteiger partial charge in [0.1, 0.15) is 12.4 Å². The summed E-state index contributed by atoms with van der Waals surface area (Å²) in [4.78, 5) is 4.40. The molecule has 0 aliphatic carbocycles. The molecule has 0 aliphatic rings. The summed E-state index contributed by atoms with van der Waals surface area (Å²) in [5, 5.41) is 6.08. The van der Waals surface area contributed by atoms with E-state index < -0.39 is 9.84 Å². The van der Waals surface area contributed by atoms with Gasteiger partial charge in [0, 0.05) is 13.6 Å². The monoisotopic (exact) mass is 361 g/mol.